The highest BCUT2D eigenvalue weighted by atomic mass is 32.1. The molecule has 1 aromatic carbocycles. The van der Waals surface area contributed by atoms with Crippen LogP contribution in [0.25, 0.3) is 6.08 Å². The lowest BCUT2D eigenvalue weighted by atomic mass is 9.48. The van der Waals surface area contributed by atoms with Gasteiger partial charge in [-0.05, 0) is 92.5 Å². The average Bonchev–Trinajstić information content (AvgIpc) is 2.59. The van der Waals surface area contributed by atoms with E-state index in [1.54, 1.807) is 12.2 Å². The molecule has 0 aliphatic heterocycles. The maximum absolute atomic E-state index is 12.1. The van der Waals surface area contributed by atoms with Gasteiger partial charge in [0, 0.05) is 12.1 Å². The first-order valence-electron chi connectivity index (χ1n) is 9.87. The van der Waals surface area contributed by atoms with Crippen molar-refractivity contribution in [1.29, 1.82) is 0 Å². The molecule has 1 aromatic rings. The largest absolute Gasteiger partial charge is 0.359 e. The standard InChI is InChI=1S/C22H28N2OS/c1-15(22-12-17-9-18(13-22)11-19(10-17)14-22)23-21(26)24-20(25)8-7-16-5-3-2-4-6-16/h2-8,15,17-19H,9-14H2,1H3,(H2,23,24,25,26). The number of carbonyl (C=O) groups is 1. The summed E-state index contributed by atoms with van der Waals surface area (Å²) in [6.45, 7) is 2.26. The fourth-order valence-corrected chi connectivity index (χ4v) is 6.26. The van der Waals surface area contributed by atoms with E-state index >= 15 is 0 Å². The second kappa shape index (κ2) is 7.15. The third-order valence-electron chi connectivity index (χ3n) is 6.82. The highest BCUT2D eigenvalue weighted by molar-refractivity contribution is 7.80. The molecule has 5 rings (SSSR count). The van der Waals surface area contributed by atoms with Gasteiger partial charge in [0.2, 0.25) is 5.91 Å². The van der Waals surface area contributed by atoms with Gasteiger partial charge in [-0.1, -0.05) is 30.3 Å². The van der Waals surface area contributed by atoms with Crippen LogP contribution >= 0.6 is 12.2 Å². The van der Waals surface area contributed by atoms with Crippen LogP contribution in [0.5, 0.6) is 0 Å². The van der Waals surface area contributed by atoms with Crippen molar-refractivity contribution in [1.82, 2.24) is 10.6 Å². The number of hydrogen-bond donors (Lipinski definition) is 2. The molecule has 2 N–H and O–H groups in total. The molecule has 0 spiro atoms. The molecule has 0 aromatic heterocycles. The molecule has 4 aliphatic rings. The number of thiocarbonyl (C=S) groups is 1. The summed E-state index contributed by atoms with van der Waals surface area (Å²) in [6.07, 6.45) is 11.7. The van der Waals surface area contributed by atoms with Gasteiger partial charge >= 0.3 is 0 Å². The first-order valence-corrected chi connectivity index (χ1v) is 10.3. The monoisotopic (exact) mass is 368 g/mol. The zero-order chi connectivity index (χ0) is 18.1. The van der Waals surface area contributed by atoms with Gasteiger partial charge in [0.1, 0.15) is 0 Å². The molecule has 4 saturated carbocycles. The summed E-state index contributed by atoms with van der Waals surface area (Å²) >= 11 is 5.42. The Morgan fingerprint density at radius 3 is 2.27 bits per heavy atom. The molecule has 0 saturated heterocycles. The molecule has 4 heteroatoms. The fourth-order valence-electron chi connectivity index (χ4n) is 5.98. The van der Waals surface area contributed by atoms with Crippen molar-refractivity contribution in [3.05, 3.63) is 42.0 Å². The van der Waals surface area contributed by atoms with Gasteiger partial charge < -0.3 is 5.32 Å². The maximum atomic E-state index is 12.1. The third-order valence-corrected chi connectivity index (χ3v) is 7.04. The van der Waals surface area contributed by atoms with E-state index in [0.717, 1.165) is 23.3 Å². The molecule has 138 valence electrons. The van der Waals surface area contributed by atoms with Crippen molar-refractivity contribution >= 4 is 29.3 Å². The quantitative estimate of drug-likeness (QED) is 0.615. The van der Waals surface area contributed by atoms with Gasteiger partial charge in [-0.25, -0.2) is 0 Å². The lowest BCUT2D eigenvalue weighted by Gasteiger charge is -2.59. The summed E-state index contributed by atoms with van der Waals surface area (Å²) < 4.78 is 0. The molecule has 3 nitrogen and oxygen atoms in total. The van der Waals surface area contributed by atoms with Crippen LogP contribution in [0.1, 0.15) is 51.0 Å². The summed E-state index contributed by atoms with van der Waals surface area (Å²) in [5, 5.41) is 6.69. The second-order valence-corrected chi connectivity index (χ2v) is 9.12. The lowest BCUT2D eigenvalue weighted by Crippen LogP contribution is -2.57. The molecule has 4 bridgehead atoms. The van der Waals surface area contributed by atoms with E-state index in [0.29, 0.717) is 16.6 Å². The molecular weight excluding hydrogens is 340 g/mol. The molecule has 1 amide bonds. The van der Waals surface area contributed by atoms with E-state index in [2.05, 4.69) is 17.6 Å². The van der Waals surface area contributed by atoms with Crippen LogP contribution in [0, 0.1) is 23.2 Å². The van der Waals surface area contributed by atoms with Gasteiger partial charge in [-0.2, -0.15) is 0 Å². The Morgan fingerprint density at radius 1 is 1.12 bits per heavy atom. The minimum atomic E-state index is -0.177. The average molecular weight is 369 g/mol. The SMILES string of the molecule is CC(NC(=S)NC(=O)C=Cc1ccccc1)C12CC3CC(CC(C3)C1)C2. The summed E-state index contributed by atoms with van der Waals surface area (Å²) in [7, 11) is 0. The van der Waals surface area contributed by atoms with Gasteiger partial charge in [0.25, 0.3) is 0 Å². The molecule has 26 heavy (non-hydrogen) atoms. The van der Waals surface area contributed by atoms with Crippen molar-refractivity contribution in [3.63, 3.8) is 0 Å². The molecule has 0 radical (unpaired) electrons. The van der Waals surface area contributed by atoms with Crippen LogP contribution in [0.15, 0.2) is 36.4 Å². The van der Waals surface area contributed by atoms with Crippen molar-refractivity contribution in [3.8, 4) is 0 Å². The summed E-state index contributed by atoms with van der Waals surface area (Å²) in [6, 6.07) is 10.1. The lowest BCUT2D eigenvalue weighted by molar-refractivity contribution is -0.115. The molecule has 1 unspecified atom stereocenters. The smallest absolute Gasteiger partial charge is 0.250 e. The first kappa shape index (κ1) is 17.7. The van der Waals surface area contributed by atoms with Crippen molar-refractivity contribution in [2.24, 2.45) is 23.2 Å². The van der Waals surface area contributed by atoms with Gasteiger partial charge in [0.05, 0.1) is 0 Å². The molecular formula is C22H28N2OS. The fraction of sp³-hybridized carbons (Fsp3) is 0.545. The van der Waals surface area contributed by atoms with Crippen molar-refractivity contribution in [2.45, 2.75) is 51.5 Å². The molecule has 4 aliphatic carbocycles. The summed E-state index contributed by atoms with van der Waals surface area (Å²) in [5.41, 5.74) is 1.38. The molecule has 4 fully saturated rings. The van der Waals surface area contributed by atoms with Crippen LogP contribution < -0.4 is 10.6 Å². The Kier molecular flexibility index (Phi) is 4.87. The van der Waals surface area contributed by atoms with Crippen LogP contribution in [0.3, 0.4) is 0 Å². The van der Waals surface area contributed by atoms with Gasteiger partial charge in [0.15, 0.2) is 5.11 Å². The van der Waals surface area contributed by atoms with Gasteiger partial charge in [-0.15, -0.1) is 0 Å². The predicted molar refractivity (Wildman–Crippen MR) is 109 cm³/mol. The third kappa shape index (κ3) is 3.71. The number of hydrogen-bond acceptors (Lipinski definition) is 2. The minimum absolute atomic E-state index is 0.177. The van der Waals surface area contributed by atoms with Crippen LogP contribution in [0.2, 0.25) is 0 Å². The van der Waals surface area contributed by atoms with Crippen molar-refractivity contribution < 1.29 is 4.79 Å². The summed E-state index contributed by atoms with van der Waals surface area (Å²) in [5.74, 6) is 2.58. The zero-order valence-electron chi connectivity index (χ0n) is 15.4. The normalized spacial score (nSPS) is 33.2. The van der Waals surface area contributed by atoms with Crippen LogP contribution in [-0.2, 0) is 4.79 Å². The molecule has 0 heterocycles. The minimum Gasteiger partial charge on any atom is -0.359 e. The Morgan fingerprint density at radius 2 is 1.69 bits per heavy atom. The number of benzene rings is 1. The molecule has 1 atom stereocenters. The highest BCUT2D eigenvalue weighted by Gasteiger charge is 2.53. The van der Waals surface area contributed by atoms with E-state index in [4.69, 9.17) is 12.2 Å². The van der Waals surface area contributed by atoms with Crippen molar-refractivity contribution in [2.75, 3.05) is 0 Å². The second-order valence-electron chi connectivity index (χ2n) is 8.71. The van der Waals surface area contributed by atoms with Crippen LogP contribution in [0.4, 0.5) is 0 Å². The number of carbonyl (C=O) groups excluding carboxylic acids is 1. The Bertz CT molecular complexity index is 677. The van der Waals surface area contributed by atoms with E-state index in [1.165, 1.54) is 38.5 Å². The van der Waals surface area contributed by atoms with E-state index in [-0.39, 0.29) is 5.91 Å². The number of amides is 1. The predicted octanol–water partition coefficient (Wildman–Crippen LogP) is 4.30. The highest BCUT2D eigenvalue weighted by Crippen LogP contribution is 2.61. The number of nitrogens with one attached hydrogen (secondary N) is 2. The van der Waals surface area contributed by atoms with E-state index < -0.39 is 0 Å². The Hall–Kier alpha value is -1.68. The maximum Gasteiger partial charge on any atom is 0.250 e. The Balaban J connectivity index is 1.32. The Labute approximate surface area is 161 Å². The van der Waals surface area contributed by atoms with E-state index in [9.17, 15) is 4.79 Å². The van der Waals surface area contributed by atoms with Gasteiger partial charge in [-0.3, -0.25) is 10.1 Å². The van der Waals surface area contributed by atoms with Crippen LogP contribution in [-0.4, -0.2) is 17.1 Å². The number of rotatable bonds is 4. The first-order chi connectivity index (χ1) is 12.5. The zero-order valence-corrected chi connectivity index (χ0v) is 16.2. The summed E-state index contributed by atoms with van der Waals surface area (Å²) in [4.78, 5) is 12.1. The van der Waals surface area contributed by atoms with E-state index in [1.807, 2.05) is 30.3 Å². The topological polar surface area (TPSA) is 41.1 Å².